The van der Waals surface area contributed by atoms with Crippen LogP contribution in [0.5, 0.6) is 0 Å². The zero-order valence-corrected chi connectivity index (χ0v) is 16.0. The molecule has 0 aliphatic heterocycles. The van der Waals surface area contributed by atoms with E-state index in [1.54, 1.807) is 0 Å². The van der Waals surface area contributed by atoms with Crippen LogP contribution in [-0.2, 0) is 11.2 Å². The third-order valence-electron chi connectivity index (χ3n) is 4.58. The number of carbonyl (C=O) groups is 1. The molecule has 25 heavy (non-hydrogen) atoms. The molecule has 0 aliphatic carbocycles. The molecule has 0 bridgehead atoms. The van der Waals surface area contributed by atoms with Crippen LogP contribution in [0.2, 0.25) is 0 Å². The van der Waals surface area contributed by atoms with E-state index in [-0.39, 0.29) is 23.9 Å². The fourth-order valence-electron chi connectivity index (χ4n) is 3.29. The van der Waals surface area contributed by atoms with E-state index in [9.17, 15) is 4.79 Å². The van der Waals surface area contributed by atoms with E-state index < -0.39 is 0 Å². The number of benzene rings is 2. The lowest BCUT2D eigenvalue weighted by atomic mass is 9.88. The monoisotopic (exact) mass is 338 g/mol. The van der Waals surface area contributed by atoms with Crippen molar-refractivity contribution in [3.63, 3.8) is 0 Å². The summed E-state index contributed by atoms with van der Waals surface area (Å²) in [5.41, 5.74) is 2.96. The topological polar surface area (TPSA) is 26.3 Å². The predicted octanol–water partition coefficient (Wildman–Crippen LogP) is 5.87. The maximum atomic E-state index is 12.9. The van der Waals surface area contributed by atoms with Crippen molar-refractivity contribution < 1.29 is 9.53 Å². The van der Waals surface area contributed by atoms with Gasteiger partial charge in [-0.15, -0.1) is 0 Å². The molecular weight excluding hydrogens is 308 g/mol. The molecule has 0 radical (unpaired) electrons. The molecule has 0 aliphatic rings. The minimum atomic E-state index is -0.210. The number of ether oxygens (including phenoxy) is 1. The van der Waals surface area contributed by atoms with Crippen LogP contribution in [0.4, 0.5) is 0 Å². The van der Waals surface area contributed by atoms with Gasteiger partial charge in [-0.1, -0.05) is 83.1 Å². The Morgan fingerprint density at radius 1 is 0.880 bits per heavy atom. The van der Waals surface area contributed by atoms with Gasteiger partial charge in [0.15, 0.2) is 0 Å². The highest BCUT2D eigenvalue weighted by Crippen LogP contribution is 2.28. The summed E-state index contributed by atoms with van der Waals surface area (Å²) in [6.07, 6.45) is 0.730. The lowest BCUT2D eigenvalue weighted by Gasteiger charge is -2.28. The fraction of sp³-hybridized carbons (Fsp3) is 0.435. The molecule has 0 fully saturated rings. The molecule has 0 N–H and O–H groups in total. The molecule has 2 unspecified atom stereocenters. The minimum Gasteiger partial charge on any atom is -0.458 e. The van der Waals surface area contributed by atoms with Crippen LogP contribution in [0.15, 0.2) is 54.6 Å². The van der Waals surface area contributed by atoms with Gasteiger partial charge in [-0.05, 0) is 35.4 Å². The summed E-state index contributed by atoms with van der Waals surface area (Å²) in [6, 6.07) is 18.1. The van der Waals surface area contributed by atoms with Gasteiger partial charge < -0.3 is 4.74 Å². The van der Waals surface area contributed by atoms with Crippen molar-refractivity contribution in [2.45, 2.75) is 53.1 Å². The van der Waals surface area contributed by atoms with Crippen molar-refractivity contribution in [3.05, 3.63) is 71.3 Å². The highest BCUT2D eigenvalue weighted by Gasteiger charge is 2.27. The van der Waals surface area contributed by atoms with Crippen molar-refractivity contribution >= 4 is 5.97 Å². The van der Waals surface area contributed by atoms with E-state index in [1.165, 1.54) is 5.56 Å². The first-order chi connectivity index (χ1) is 11.9. The Morgan fingerprint density at radius 3 is 2.08 bits per heavy atom. The second-order valence-corrected chi connectivity index (χ2v) is 7.57. The Bertz CT molecular complexity index is 674. The molecule has 2 atom stereocenters. The summed E-state index contributed by atoms with van der Waals surface area (Å²) in [5, 5.41) is 0. The molecule has 2 aromatic carbocycles. The van der Waals surface area contributed by atoms with E-state index in [1.807, 2.05) is 42.5 Å². The van der Waals surface area contributed by atoms with Crippen LogP contribution in [0, 0.1) is 11.8 Å². The summed E-state index contributed by atoms with van der Waals surface area (Å²) in [7, 11) is 0. The summed E-state index contributed by atoms with van der Waals surface area (Å²) < 4.78 is 6.00. The summed E-state index contributed by atoms with van der Waals surface area (Å²) in [5.74, 6) is 0.689. The summed E-state index contributed by atoms with van der Waals surface area (Å²) in [4.78, 5) is 12.9. The van der Waals surface area contributed by atoms with Gasteiger partial charge in [0.2, 0.25) is 0 Å². The third kappa shape index (κ3) is 5.19. The van der Waals surface area contributed by atoms with E-state index in [0.29, 0.717) is 11.5 Å². The molecule has 2 aromatic rings. The van der Waals surface area contributed by atoms with Crippen molar-refractivity contribution in [1.29, 1.82) is 0 Å². The highest BCUT2D eigenvalue weighted by atomic mass is 16.5. The molecule has 0 spiro atoms. The average Bonchev–Trinajstić information content (AvgIpc) is 2.59. The smallest absolute Gasteiger partial charge is 0.338 e. The molecule has 2 heteroatoms. The van der Waals surface area contributed by atoms with Crippen LogP contribution in [0.25, 0.3) is 0 Å². The van der Waals surface area contributed by atoms with Crippen molar-refractivity contribution in [1.82, 2.24) is 0 Å². The average molecular weight is 338 g/mol. The van der Waals surface area contributed by atoms with Gasteiger partial charge in [-0.3, -0.25) is 0 Å². The zero-order valence-electron chi connectivity index (χ0n) is 16.0. The quantitative estimate of drug-likeness (QED) is 0.590. The fourth-order valence-corrected chi connectivity index (χ4v) is 3.29. The Morgan fingerprint density at radius 2 is 1.48 bits per heavy atom. The Kier molecular flexibility index (Phi) is 6.81. The van der Waals surface area contributed by atoms with E-state index in [0.717, 1.165) is 12.0 Å². The highest BCUT2D eigenvalue weighted by molar-refractivity contribution is 5.91. The van der Waals surface area contributed by atoms with Crippen LogP contribution in [0.3, 0.4) is 0 Å². The molecule has 0 saturated heterocycles. The Labute approximate surface area is 152 Å². The number of hydrogen-bond donors (Lipinski definition) is 0. The summed E-state index contributed by atoms with van der Waals surface area (Å²) in [6.45, 7) is 10.7. The Balaban J connectivity index is 2.21. The molecule has 134 valence electrons. The predicted molar refractivity (Wildman–Crippen MR) is 104 cm³/mol. The maximum absolute atomic E-state index is 12.9. The number of hydrogen-bond acceptors (Lipinski definition) is 2. The van der Waals surface area contributed by atoms with Crippen molar-refractivity contribution in [2.24, 2.45) is 11.8 Å². The second kappa shape index (κ2) is 8.84. The van der Waals surface area contributed by atoms with Crippen molar-refractivity contribution in [3.8, 4) is 0 Å². The van der Waals surface area contributed by atoms with Crippen LogP contribution >= 0.6 is 0 Å². The molecular formula is C23H30O2. The molecule has 0 amide bonds. The number of esters is 1. The van der Waals surface area contributed by atoms with Gasteiger partial charge in [-0.2, -0.15) is 0 Å². The third-order valence-corrected chi connectivity index (χ3v) is 4.58. The van der Waals surface area contributed by atoms with Gasteiger partial charge in [0, 0.05) is 5.92 Å². The van der Waals surface area contributed by atoms with Gasteiger partial charge in [-0.25, -0.2) is 4.79 Å². The lowest BCUT2D eigenvalue weighted by Crippen LogP contribution is -2.29. The Hall–Kier alpha value is -2.09. The molecule has 0 heterocycles. The normalized spacial score (nSPS) is 13.7. The largest absolute Gasteiger partial charge is 0.458 e. The van der Waals surface area contributed by atoms with Crippen LogP contribution < -0.4 is 0 Å². The maximum Gasteiger partial charge on any atom is 0.338 e. The van der Waals surface area contributed by atoms with E-state index in [4.69, 9.17) is 4.74 Å². The first kappa shape index (κ1) is 19.2. The molecule has 0 aromatic heterocycles. The van der Waals surface area contributed by atoms with Gasteiger partial charge in [0.25, 0.3) is 0 Å². The lowest BCUT2D eigenvalue weighted by molar-refractivity contribution is 0.0111. The second-order valence-electron chi connectivity index (χ2n) is 7.57. The number of carbonyl (C=O) groups excluding carboxylic acids is 1. The van der Waals surface area contributed by atoms with Gasteiger partial charge in [0.05, 0.1) is 5.56 Å². The SMILES string of the molecule is CC(C)Cc1ccccc1C(=O)OC(C(C)C)C(C)c1ccccc1. The molecule has 2 rings (SSSR count). The molecule has 2 nitrogen and oxygen atoms in total. The first-order valence-electron chi connectivity index (χ1n) is 9.24. The van der Waals surface area contributed by atoms with Gasteiger partial charge in [0.1, 0.15) is 6.10 Å². The van der Waals surface area contributed by atoms with Gasteiger partial charge >= 0.3 is 5.97 Å². The molecule has 0 saturated carbocycles. The van der Waals surface area contributed by atoms with Crippen molar-refractivity contribution in [2.75, 3.05) is 0 Å². The zero-order chi connectivity index (χ0) is 18.4. The van der Waals surface area contributed by atoms with E-state index >= 15 is 0 Å². The first-order valence-corrected chi connectivity index (χ1v) is 9.24. The van der Waals surface area contributed by atoms with Crippen LogP contribution in [0.1, 0.15) is 62.0 Å². The number of rotatable bonds is 7. The van der Waals surface area contributed by atoms with Crippen LogP contribution in [-0.4, -0.2) is 12.1 Å². The summed E-state index contributed by atoms with van der Waals surface area (Å²) >= 11 is 0. The minimum absolute atomic E-state index is 0.151. The standard InChI is InChI=1S/C23H30O2/c1-16(2)15-20-13-9-10-14-21(20)23(24)25-22(17(3)4)18(5)19-11-7-6-8-12-19/h6-14,16-18,22H,15H2,1-5H3. The van der Waals surface area contributed by atoms with E-state index in [2.05, 4.69) is 46.8 Å².